The van der Waals surface area contributed by atoms with Gasteiger partial charge in [-0.15, -0.1) is 0 Å². The number of halogens is 1. The van der Waals surface area contributed by atoms with Crippen molar-refractivity contribution in [2.75, 3.05) is 25.5 Å². The fourth-order valence-electron chi connectivity index (χ4n) is 1.71. The van der Waals surface area contributed by atoms with Crippen LogP contribution >= 0.6 is 15.9 Å². The van der Waals surface area contributed by atoms with Crippen LogP contribution in [-0.4, -0.2) is 37.3 Å². The zero-order valence-electron chi connectivity index (χ0n) is 8.53. The predicted octanol–water partition coefficient (Wildman–Crippen LogP) is 1.24. The van der Waals surface area contributed by atoms with Gasteiger partial charge in [0, 0.05) is 26.4 Å². The van der Waals surface area contributed by atoms with Gasteiger partial charge in [0.2, 0.25) is 0 Å². The zero-order valence-corrected chi connectivity index (χ0v) is 10.1. The van der Waals surface area contributed by atoms with E-state index in [1.54, 1.807) is 13.3 Å². The van der Waals surface area contributed by atoms with Crippen LogP contribution in [0.5, 0.6) is 0 Å². The molecule has 1 aliphatic rings. The number of ether oxygens (including phenoxy) is 1. The molecular formula is C10H14BrN3O. The molecule has 2 N–H and O–H groups in total. The van der Waals surface area contributed by atoms with Gasteiger partial charge in [0.05, 0.1) is 16.6 Å². The second-order valence-corrected chi connectivity index (χ2v) is 4.37. The Kier molecular flexibility index (Phi) is 3.56. The minimum Gasteiger partial charge on any atom is -0.378 e. The molecule has 2 atom stereocenters. The van der Waals surface area contributed by atoms with Gasteiger partial charge in [-0.05, 0) is 28.1 Å². The molecule has 1 aromatic rings. The first kappa shape index (κ1) is 10.9. The number of hydrogen-bond donors (Lipinski definition) is 2. The van der Waals surface area contributed by atoms with Crippen LogP contribution in [0.4, 0.5) is 5.82 Å². The second-order valence-electron chi connectivity index (χ2n) is 3.52. The normalized spacial score (nSPS) is 25.5. The van der Waals surface area contributed by atoms with E-state index in [9.17, 15) is 0 Å². The molecule has 1 fully saturated rings. The quantitative estimate of drug-likeness (QED) is 0.869. The van der Waals surface area contributed by atoms with Crippen LogP contribution < -0.4 is 10.6 Å². The lowest BCUT2D eigenvalue weighted by atomic mass is 10.2. The van der Waals surface area contributed by atoms with E-state index in [1.165, 1.54) is 0 Å². The van der Waals surface area contributed by atoms with Gasteiger partial charge in [0.15, 0.2) is 0 Å². The summed E-state index contributed by atoms with van der Waals surface area (Å²) in [5, 5.41) is 6.65. The number of rotatable bonds is 3. The van der Waals surface area contributed by atoms with E-state index < -0.39 is 0 Å². The molecule has 0 spiro atoms. The maximum atomic E-state index is 5.37. The van der Waals surface area contributed by atoms with Crippen molar-refractivity contribution >= 4 is 21.7 Å². The van der Waals surface area contributed by atoms with Gasteiger partial charge in [-0.3, -0.25) is 0 Å². The highest BCUT2D eigenvalue weighted by Gasteiger charge is 2.27. The Morgan fingerprint density at radius 1 is 1.60 bits per heavy atom. The Balaban J connectivity index is 2.05. The van der Waals surface area contributed by atoms with E-state index in [4.69, 9.17) is 4.74 Å². The summed E-state index contributed by atoms with van der Waals surface area (Å²) in [5.74, 6) is 0.869. The molecule has 1 aromatic heterocycles. The molecule has 4 nitrogen and oxygen atoms in total. The van der Waals surface area contributed by atoms with Crippen molar-refractivity contribution < 1.29 is 4.74 Å². The molecule has 0 saturated carbocycles. The summed E-state index contributed by atoms with van der Waals surface area (Å²) in [5.41, 5.74) is 0. The third-order valence-electron chi connectivity index (χ3n) is 2.54. The molecular weight excluding hydrogens is 258 g/mol. The molecule has 0 aromatic carbocycles. The molecule has 0 amide bonds. The number of hydrogen-bond acceptors (Lipinski definition) is 4. The van der Waals surface area contributed by atoms with Gasteiger partial charge in [0.1, 0.15) is 5.82 Å². The average molecular weight is 272 g/mol. The molecule has 5 heteroatoms. The molecule has 0 radical (unpaired) electrons. The number of pyridine rings is 1. The molecule has 15 heavy (non-hydrogen) atoms. The van der Waals surface area contributed by atoms with Crippen molar-refractivity contribution in [1.82, 2.24) is 10.3 Å². The molecule has 1 aliphatic heterocycles. The lowest BCUT2D eigenvalue weighted by Crippen LogP contribution is -2.33. The molecule has 2 rings (SSSR count). The molecule has 0 bridgehead atoms. The van der Waals surface area contributed by atoms with Crippen molar-refractivity contribution in [2.24, 2.45) is 0 Å². The van der Waals surface area contributed by atoms with E-state index in [0.29, 0.717) is 0 Å². The third-order valence-corrected chi connectivity index (χ3v) is 3.18. The van der Waals surface area contributed by atoms with Crippen LogP contribution in [0.2, 0.25) is 0 Å². The molecule has 2 heterocycles. The van der Waals surface area contributed by atoms with E-state index in [-0.39, 0.29) is 12.1 Å². The van der Waals surface area contributed by atoms with Gasteiger partial charge < -0.3 is 15.4 Å². The van der Waals surface area contributed by atoms with E-state index in [1.807, 2.05) is 12.1 Å². The van der Waals surface area contributed by atoms with E-state index in [0.717, 1.165) is 23.4 Å². The summed E-state index contributed by atoms with van der Waals surface area (Å²) >= 11 is 3.46. The third kappa shape index (κ3) is 2.48. The number of nitrogens with zero attached hydrogens (tertiary/aromatic N) is 1. The highest BCUT2D eigenvalue weighted by Crippen LogP contribution is 2.20. The van der Waals surface area contributed by atoms with Crippen LogP contribution in [0.15, 0.2) is 22.8 Å². The van der Waals surface area contributed by atoms with Gasteiger partial charge >= 0.3 is 0 Å². The predicted molar refractivity (Wildman–Crippen MR) is 63.0 cm³/mol. The minimum atomic E-state index is 0.207. The SMILES string of the molecule is CO[C@H]1CNCC1Nc1ncccc1Br. The average Bonchev–Trinajstić information content (AvgIpc) is 2.69. The van der Waals surface area contributed by atoms with Crippen molar-refractivity contribution in [1.29, 1.82) is 0 Å². The van der Waals surface area contributed by atoms with Crippen LogP contribution in [0, 0.1) is 0 Å². The molecule has 0 aliphatic carbocycles. The Labute approximate surface area is 97.6 Å². The van der Waals surface area contributed by atoms with Gasteiger partial charge in [-0.2, -0.15) is 0 Å². The summed E-state index contributed by atoms with van der Waals surface area (Å²) in [6.45, 7) is 1.79. The monoisotopic (exact) mass is 271 g/mol. The van der Waals surface area contributed by atoms with Crippen LogP contribution in [-0.2, 0) is 4.74 Å². The smallest absolute Gasteiger partial charge is 0.140 e. The number of nitrogens with one attached hydrogen (secondary N) is 2. The summed E-state index contributed by atoms with van der Waals surface area (Å²) in [4.78, 5) is 4.27. The summed E-state index contributed by atoms with van der Waals surface area (Å²) in [7, 11) is 1.74. The molecule has 1 saturated heterocycles. The first-order valence-electron chi connectivity index (χ1n) is 4.92. The first-order chi connectivity index (χ1) is 7.31. The van der Waals surface area contributed by atoms with Gasteiger partial charge in [-0.25, -0.2) is 4.98 Å². The standard InChI is InChI=1S/C10H14BrN3O/c1-15-9-6-12-5-8(9)14-10-7(11)3-2-4-13-10/h2-4,8-9,12H,5-6H2,1H3,(H,13,14)/t8?,9-/m0/s1. The Hall–Kier alpha value is -0.650. The number of anilines is 1. The second kappa shape index (κ2) is 4.92. The largest absolute Gasteiger partial charge is 0.378 e. The Bertz CT molecular complexity index is 334. The van der Waals surface area contributed by atoms with Crippen molar-refractivity contribution in [3.8, 4) is 0 Å². The Morgan fingerprint density at radius 2 is 2.47 bits per heavy atom. The Morgan fingerprint density at radius 3 is 3.20 bits per heavy atom. The lowest BCUT2D eigenvalue weighted by Gasteiger charge is -2.19. The van der Waals surface area contributed by atoms with Crippen LogP contribution in [0.1, 0.15) is 0 Å². The van der Waals surface area contributed by atoms with Crippen LogP contribution in [0.3, 0.4) is 0 Å². The fraction of sp³-hybridized carbons (Fsp3) is 0.500. The summed E-state index contributed by atoms with van der Waals surface area (Å²) in [6.07, 6.45) is 1.98. The summed E-state index contributed by atoms with van der Waals surface area (Å²) in [6, 6.07) is 4.15. The van der Waals surface area contributed by atoms with Crippen molar-refractivity contribution in [3.63, 3.8) is 0 Å². The molecule has 82 valence electrons. The maximum absolute atomic E-state index is 5.37. The van der Waals surface area contributed by atoms with E-state index in [2.05, 4.69) is 31.5 Å². The highest BCUT2D eigenvalue weighted by molar-refractivity contribution is 9.10. The fourth-order valence-corrected chi connectivity index (χ4v) is 2.08. The van der Waals surface area contributed by atoms with Crippen molar-refractivity contribution in [3.05, 3.63) is 22.8 Å². The number of aromatic nitrogens is 1. The maximum Gasteiger partial charge on any atom is 0.140 e. The van der Waals surface area contributed by atoms with E-state index >= 15 is 0 Å². The first-order valence-corrected chi connectivity index (χ1v) is 5.71. The lowest BCUT2D eigenvalue weighted by molar-refractivity contribution is 0.111. The topological polar surface area (TPSA) is 46.2 Å². The van der Waals surface area contributed by atoms with Gasteiger partial charge in [-0.1, -0.05) is 0 Å². The van der Waals surface area contributed by atoms with Crippen LogP contribution in [0.25, 0.3) is 0 Å². The zero-order chi connectivity index (χ0) is 10.7. The van der Waals surface area contributed by atoms with Gasteiger partial charge in [0.25, 0.3) is 0 Å². The highest BCUT2D eigenvalue weighted by atomic mass is 79.9. The minimum absolute atomic E-state index is 0.207. The number of methoxy groups -OCH3 is 1. The molecule has 1 unspecified atom stereocenters. The van der Waals surface area contributed by atoms with Crippen molar-refractivity contribution in [2.45, 2.75) is 12.1 Å². The summed E-state index contributed by atoms with van der Waals surface area (Å²) < 4.78 is 6.35.